The Morgan fingerprint density at radius 2 is 1.78 bits per heavy atom. The lowest BCUT2D eigenvalue weighted by molar-refractivity contribution is -0.140. The molecule has 0 aliphatic carbocycles. The minimum Gasteiger partial charge on any atom is -0.376 e. The molecule has 1 aliphatic heterocycles. The van der Waals surface area contributed by atoms with Crippen LogP contribution in [0.4, 0.5) is 0 Å². The summed E-state index contributed by atoms with van der Waals surface area (Å²) in [7, 11) is 0. The minimum atomic E-state index is -0.676. The molecule has 2 atom stereocenters. The summed E-state index contributed by atoms with van der Waals surface area (Å²) in [5, 5.41) is 2.99. The van der Waals surface area contributed by atoms with Crippen molar-refractivity contribution in [2.45, 2.75) is 38.5 Å². The average molecular weight is 366 g/mol. The summed E-state index contributed by atoms with van der Waals surface area (Å²) < 4.78 is 5.60. The van der Waals surface area contributed by atoms with E-state index < -0.39 is 6.04 Å². The highest BCUT2D eigenvalue weighted by atomic mass is 16.5. The Hall–Kier alpha value is -2.66. The zero-order chi connectivity index (χ0) is 19.1. The van der Waals surface area contributed by atoms with Crippen LogP contribution in [-0.4, -0.2) is 36.0 Å². The van der Waals surface area contributed by atoms with Gasteiger partial charge in [-0.1, -0.05) is 60.7 Å². The van der Waals surface area contributed by atoms with Crippen molar-refractivity contribution in [3.63, 3.8) is 0 Å². The van der Waals surface area contributed by atoms with Crippen LogP contribution in [0.1, 0.15) is 36.9 Å². The zero-order valence-corrected chi connectivity index (χ0v) is 15.6. The van der Waals surface area contributed by atoms with Gasteiger partial charge in [-0.2, -0.15) is 0 Å². The molecule has 142 valence electrons. The van der Waals surface area contributed by atoms with E-state index in [4.69, 9.17) is 4.74 Å². The Morgan fingerprint density at radius 1 is 1.11 bits per heavy atom. The van der Waals surface area contributed by atoms with Gasteiger partial charge in [0.05, 0.1) is 6.10 Å². The maximum absolute atomic E-state index is 13.1. The number of benzene rings is 2. The van der Waals surface area contributed by atoms with E-state index in [-0.39, 0.29) is 17.9 Å². The van der Waals surface area contributed by atoms with E-state index in [9.17, 15) is 9.59 Å². The molecule has 2 aromatic rings. The van der Waals surface area contributed by atoms with Gasteiger partial charge in [-0.05, 0) is 24.0 Å². The van der Waals surface area contributed by atoms with E-state index in [2.05, 4.69) is 5.32 Å². The molecule has 2 aromatic carbocycles. The molecule has 0 saturated carbocycles. The fourth-order valence-electron chi connectivity index (χ4n) is 3.39. The van der Waals surface area contributed by atoms with Crippen molar-refractivity contribution in [1.82, 2.24) is 10.2 Å². The summed E-state index contributed by atoms with van der Waals surface area (Å²) in [5.41, 5.74) is 1.79. The first-order valence-corrected chi connectivity index (χ1v) is 9.40. The van der Waals surface area contributed by atoms with Crippen LogP contribution in [0.25, 0.3) is 0 Å². The van der Waals surface area contributed by atoms with E-state index in [1.807, 2.05) is 60.7 Å². The smallest absolute Gasteiger partial charge is 0.247 e. The van der Waals surface area contributed by atoms with Crippen molar-refractivity contribution in [3.8, 4) is 0 Å². The lowest BCUT2D eigenvalue weighted by Gasteiger charge is -2.31. The van der Waals surface area contributed by atoms with Crippen molar-refractivity contribution in [3.05, 3.63) is 71.8 Å². The number of nitrogens with one attached hydrogen (secondary N) is 1. The first kappa shape index (κ1) is 19.1. The molecule has 1 heterocycles. The summed E-state index contributed by atoms with van der Waals surface area (Å²) in [5.74, 6) is -0.317. The Morgan fingerprint density at radius 3 is 2.37 bits per heavy atom. The molecule has 2 amide bonds. The highest BCUT2D eigenvalue weighted by molar-refractivity contribution is 5.88. The molecule has 5 nitrogen and oxygen atoms in total. The van der Waals surface area contributed by atoms with Gasteiger partial charge in [0.1, 0.15) is 6.04 Å². The molecule has 0 unspecified atom stereocenters. The number of ether oxygens (including phenoxy) is 1. The highest BCUT2D eigenvalue weighted by Crippen LogP contribution is 2.24. The van der Waals surface area contributed by atoms with Gasteiger partial charge in [-0.25, -0.2) is 0 Å². The van der Waals surface area contributed by atoms with Gasteiger partial charge in [0.2, 0.25) is 11.8 Å². The van der Waals surface area contributed by atoms with Gasteiger partial charge in [-0.3, -0.25) is 9.59 Å². The molecule has 27 heavy (non-hydrogen) atoms. The van der Waals surface area contributed by atoms with Crippen LogP contribution in [-0.2, 0) is 20.9 Å². The lowest BCUT2D eigenvalue weighted by Crippen LogP contribution is -2.44. The first-order chi connectivity index (χ1) is 13.1. The summed E-state index contributed by atoms with van der Waals surface area (Å²) in [6.07, 6.45) is 2.04. The molecule has 1 fully saturated rings. The number of rotatable bonds is 7. The third-order valence-corrected chi connectivity index (χ3v) is 4.80. The van der Waals surface area contributed by atoms with Crippen LogP contribution in [0.3, 0.4) is 0 Å². The van der Waals surface area contributed by atoms with Crippen molar-refractivity contribution in [1.29, 1.82) is 0 Å². The monoisotopic (exact) mass is 366 g/mol. The second-order valence-electron chi connectivity index (χ2n) is 6.83. The van der Waals surface area contributed by atoms with Gasteiger partial charge in [0, 0.05) is 26.6 Å². The van der Waals surface area contributed by atoms with Crippen molar-refractivity contribution in [2.75, 3.05) is 13.2 Å². The number of amides is 2. The minimum absolute atomic E-state index is 0.0604. The van der Waals surface area contributed by atoms with Gasteiger partial charge >= 0.3 is 0 Å². The van der Waals surface area contributed by atoms with Crippen LogP contribution in [0.2, 0.25) is 0 Å². The Balaban J connectivity index is 1.82. The van der Waals surface area contributed by atoms with E-state index in [1.54, 1.807) is 4.90 Å². The van der Waals surface area contributed by atoms with Crippen molar-refractivity contribution >= 4 is 11.8 Å². The zero-order valence-electron chi connectivity index (χ0n) is 15.6. The van der Waals surface area contributed by atoms with Crippen LogP contribution in [0, 0.1) is 0 Å². The second-order valence-corrected chi connectivity index (χ2v) is 6.83. The van der Waals surface area contributed by atoms with Gasteiger partial charge in [0.15, 0.2) is 0 Å². The molecule has 1 saturated heterocycles. The van der Waals surface area contributed by atoms with Crippen LogP contribution in [0.5, 0.6) is 0 Å². The summed E-state index contributed by atoms with van der Waals surface area (Å²) in [6, 6.07) is 18.5. The van der Waals surface area contributed by atoms with Gasteiger partial charge < -0.3 is 15.0 Å². The second kappa shape index (κ2) is 9.33. The summed E-state index contributed by atoms with van der Waals surface area (Å²) >= 11 is 0. The third kappa shape index (κ3) is 5.17. The number of hydrogen-bond acceptors (Lipinski definition) is 3. The quantitative estimate of drug-likeness (QED) is 0.819. The largest absolute Gasteiger partial charge is 0.376 e. The normalized spacial score (nSPS) is 17.3. The molecule has 0 spiro atoms. The fraction of sp³-hybridized carbons (Fsp3) is 0.364. The topological polar surface area (TPSA) is 58.6 Å². The standard InChI is InChI=1S/C22H26N2O3/c1-17(25)24(16-18-9-4-2-5-10-18)21(19-11-6-3-7-12-19)22(26)23-15-20-13-8-14-27-20/h2-7,9-12,20-21H,8,13-16H2,1H3,(H,23,26)/t20-,21+/m0/s1. The Kier molecular flexibility index (Phi) is 6.60. The molecule has 5 heteroatoms. The molecular weight excluding hydrogens is 340 g/mol. The highest BCUT2D eigenvalue weighted by Gasteiger charge is 2.30. The number of carbonyl (C=O) groups is 2. The molecule has 0 aromatic heterocycles. The third-order valence-electron chi connectivity index (χ3n) is 4.80. The van der Waals surface area contributed by atoms with Crippen LogP contribution < -0.4 is 5.32 Å². The number of hydrogen-bond donors (Lipinski definition) is 1. The van der Waals surface area contributed by atoms with Gasteiger partial charge in [-0.15, -0.1) is 0 Å². The van der Waals surface area contributed by atoms with Crippen LogP contribution >= 0.6 is 0 Å². The fourth-order valence-corrected chi connectivity index (χ4v) is 3.39. The predicted molar refractivity (Wildman–Crippen MR) is 104 cm³/mol. The molecular formula is C22H26N2O3. The number of carbonyl (C=O) groups excluding carboxylic acids is 2. The Labute approximate surface area is 160 Å². The molecule has 1 N–H and O–H groups in total. The average Bonchev–Trinajstić information content (AvgIpc) is 3.21. The number of nitrogens with zero attached hydrogens (tertiary/aromatic N) is 1. The van der Waals surface area contributed by atoms with E-state index in [1.165, 1.54) is 6.92 Å². The van der Waals surface area contributed by atoms with E-state index >= 15 is 0 Å². The molecule has 3 rings (SSSR count). The lowest BCUT2D eigenvalue weighted by atomic mass is 10.0. The first-order valence-electron chi connectivity index (χ1n) is 9.40. The predicted octanol–water partition coefficient (Wildman–Crippen LogP) is 3.07. The summed E-state index contributed by atoms with van der Waals surface area (Å²) in [4.78, 5) is 27.1. The molecule has 0 bridgehead atoms. The van der Waals surface area contributed by atoms with Crippen molar-refractivity contribution < 1.29 is 14.3 Å². The summed E-state index contributed by atoms with van der Waals surface area (Å²) in [6.45, 7) is 3.10. The van der Waals surface area contributed by atoms with E-state index in [0.29, 0.717) is 13.1 Å². The Bertz CT molecular complexity index is 743. The maximum Gasteiger partial charge on any atom is 0.247 e. The van der Waals surface area contributed by atoms with Gasteiger partial charge in [0.25, 0.3) is 0 Å². The molecule has 0 radical (unpaired) electrons. The molecule has 1 aliphatic rings. The SMILES string of the molecule is CC(=O)N(Cc1ccccc1)[C@@H](C(=O)NC[C@@H]1CCCO1)c1ccccc1. The maximum atomic E-state index is 13.1. The van der Waals surface area contributed by atoms with E-state index in [0.717, 1.165) is 30.6 Å². The van der Waals surface area contributed by atoms with Crippen molar-refractivity contribution in [2.24, 2.45) is 0 Å². The van der Waals surface area contributed by atoms with Crippen LogP contribution in [0.15, 0.2) is 60.7 Å².